The van der Waals surface area contributed by atoms with Crippen LogP contribution in [-0.2, 0) is 6.61 Å². The van der Waals surface area contributed by atoms with Crippen molar-refractivity contribution in [1.29, 1.82) is 0 Å². The Morgan fingerprint density at radius 1 is 0.870 bits per heavy atom. The minimum absolute atomic E-state index is 0.558. The molecule has 1 N–H and O–H groups in total. The SMILES string of the molecule is c1ccc(COc2cccc(-c3cnc4nc[nH]c4c3)c2)cc1. The molecule has 0 radical (unpaired) electrons. The number of ether oxygens (including phenoxy) is 1. The van der Waals surface area contributed by atoms with Crippen molar-refractivity contribution in [2.75, 3.05) is 0 Å². The van der Waals surface area contributed by atoms with Crippen molar-refractivity contribution in [2.45, 2.75) is 6.61 Å². The topological polar surface area (TPSA) is 50.8 Å². The van der Waals surface area contributed by atoms with Crippen LogP contribution < -0.4 is 4.74 Å². The van der Waals surface area contributed by atoms with Crippen molar-refractivity contribution in [3.63, 3.8) is 0 Å². The Morgan fingerprint density at radius 3 is 2.70 bits per heavy atom. The second-order valence-electron chi connectivity index (χ2n) is 5.30. The highest BCUT2D eigenvalue weighted by molar-refractivity contribution is 5.77. The Kier molecular flexibility index (Phi) is 3.48. The van der Waals surface area contributed by atoms with Crippen LogP contribution in [0.15, 0.2) is 73.2 Å². The zero-order chi connectivity index (χ0) is 15.5. The molecule has 4 aromatic rings. The number of pyridine rings is 1. The van der Waals surface area contributed by atoms with Crippen LogP contribution >= 0.6 is 0 Å². The fourth-order valence-electron chi connectivity index (χ4n) is 2.49. The number of aromatic amines is 1. The molecule has 4 rings (SSSR count). The molecule has 0 amide bonds. The first-order chi connectivity index (χ1) is 11.4. The Labute approximate surface area is 133 Å². The van der Waals surface area contributed by atoms with Crippen LogP contribution in [0.2, 0.25) is 0 Å². The molecule has 23 heavy (non-hydrogen) atoms. The smallest absolute Gasteiger partial charge is 0.177 e. The molecule has 0 aliphatic rings. The van der Waals surface area contributed by atoms with Gasteiger partial charge in [0.2, 0.25) is 0 Å². The first-order valence-corrected chi connectivity index (χ1v) is 7.45. The van der Waals surface area contributed by atoms with Gasteiger partial charge in [-0.2, -0.15) is 0 Å². The van der Waals surface area contributed by atoms with Gasteiger partial charge >= 0.3 is 0 Å². The van der Waals surface area contributed by atoms with Gasteiger partial charge in [-0.25, -0.2) is 9.97 Å². The lowest BCUT2D eigenvalue weighted by molar-refractivity contribution is 0.306. The minimum atomic E-state index is 0.558. The average molecular weight is 301 g/mol. The molecule has 0 unspecified atom stereocenters. The number of rotatable bonds is 4. The summed E-state index contributed by atoms with van der Waals surface area (Å²) in [6.45, 7) is 0.558. The monoisotopic (exact) mass is 301 g/mol. The molecular weight excluding hydrogens is 286 g/mol. The summed E-state index contributed by atoms with van der Waals surface area (Å²) in [4.78, 5) is 11.6. The third-order valence-corrected chi connectivity index (χ3v) is 3.69. The summed E-state index contributed by atoms with van der Waals surface area (Å²) in [5, 5.41) is 0. The van der Waals surface area contributed by atoms with Crippen molar-refractivity contribution in [3.05, 3.63) is 78.8 Å². The van der Waals surface area contributed by atoms with E-state index in [0.717, 1.165) is 33.6 Å². The zero-order valence-electron chi connectivity index (χ0n) is 12.4. The number of aromatic nitrogens is 3. The number of hydrogen-bond donors (Lipinski definition) is 1. The highest BCUT2D eigenvalue weighted by Gasteiger charge is 2.04. The van der Waals surface area contributed by atoms with Crippen LogP contribution in [-0.4, -0.2) is 15.0 Å². The molecule has 0 aliphatic carbocycles. The van der Waals surface area contributed by atoms with Gasteiger partial charge in [-0.3, -0.25) is 0 Å². The quantitative estimate of drug-likeness (QED) is 0.614. The molecule has 0 fully saturated rings. The predicted molar refractivity (Wildman–Crippen MR) is 90.1 cm³/mol. The summed E-state index contributed by atoms with van der Waals surface area (Å²) in [6, 6.07) is 20.2. The van der Waals surface area contributed by atoms with Crippen molar-refractivity contribution >= 4 is 11.2 Å². The molecule has 0 bridgehead atoms. The predicted octanol–water partition coefficient (Wildman–Crippen LogP) is 4.20. The van der Waals surface area contributed by atoms with Gasteiger partial charge in [0.05, 0.1) is 11.8 Å². The lowest BCUT2D eigenvalue weighted by Gasteiger charge is -2.08. The average Bonchev–Trinajstić information content (AvgIpc) is 3.09. The van der Waals surface area contributed by atoms with E-state index in [1.165, 1.54) is 0 Å². The van der Waals surface area contributed by atoms with Crippen LogP contribution in [0.3, 0.4) is 0 Å². The second kappa shape index (κ2) is 5.93. The molecule has 2 aromatic carbocycles. The van der Waals surface area contributed by atoms with Crippen molar-refractivity contribution in [1.82, 2.24) is 15.0 Å². The van der Waals surface area contributed by atoms with Crippen LogP contribution in [0, 0.1) is 0 Å². The van der Waals surface area contributed by atoms with Crippen molar-refractivity contribution in [3.8, 4) is 16.9 Å². The lowest BCUT2D eigenvalue weighted by atomic mass is 10.1. The molecule has 0 saturated heterocycles. The third kappa shape index (κ3) is 2.92. The van der Waals surface area contributed by atoms with E-state index in [-0.39, 0.29) is 0 Å². The van der Waals surface area contributed by atoms with Gasteiger partial charge in [0, 0.05) is 11.8 Å². The standard InChI is InChI=1S/C19H15N3O/c1-2-5-14(6-3-1)12-23-17-8-4-7-15(9-17)16-10-18-19(20-11-16)22-13-21-18/h1-11,13H,12H2,(H,20,21,22). The van der Waals surface area contributed by atoms with Crippen LogP contribution in [0.5, 0.6) is 5.75 Å². The Balaban J connectivity index is 1.58. The van der Waals surface area contributed by atoms with Crippen LogP contribution in [0.1, 0.15) is 5.56 Å². The number of imidazole rings is 1. The third-order valence-electron chi connectivity index (χ3n) is 3.69. The first-order valence-electron chi connectivity index (χ1n) is 7.45. The number of hydrogen-bond acceptors (Lipinski definition) is 3. The van der Waals surface area contributed by atoms with Crippen LogP contribution in [0.25, 0.3) is 22.3 Å². The fourth-order valence-corrected chi connectivity index (χ4v) is 2.49. The fraction of sp³-hybridized carbons (Fsp3) is 0.0526. The highest BCUT2D eigenvalue weighted by atomic mass is 16.5. The van der Waals surface area contributed by atoms with Crippen LogP contribution in [0.4, 0.5) is 0 Å². The number of benzene rings is 2. The first kappa shape index (κ1) is 13.5. The summed E-state index contributed by atoms with van der Waals surface area (Å²) in [6.07, 6.45) is 3.49. The molecule has 2 heterocycles. The number of nitrogens with zero attached hydrogens (tertiary/aromatic N) is 2. The maximum absolute atomic E-state index is 5.89. The second-order valence-corrected chi connectivity index (χ2v) is 5.30. The Morgan fingerprint density at radius 2 is 1.78 bits per heavy atom. The van der Waals surface area contributed by atoms with Crippen molar-refractivity contribution < 1.29 is 4.74 Å². The number of nitrogens with one attached hydrogen (secondary N) is 1. The summed E-state index contributed by atoms with van der Waals surface area (Å²) >= 11 is 0. The van der Waals surface area contributed by atoms with E-state index in [9.17, 15) is 0 Å². The van der Waals surface area contributed by atoms with Gasteiger partial charge in [-0.05, 0) is 29.3 Å². The Hall–Kier alpha value is -3.14. The number of fused-ring (bicyclic) bond motifs is 1. The maximum atomic E-state index is 5.89. The molecule has 112 valence electrons. The summed E-state index contributed by atoms with van der Waals surface area (Å²) in [5.74, 6) is 0.844. The summed E-state index contributed by atoms with van der Waals surface area (Å²) < 4.78 is 5.89. The molecule has 4 nitrogen and oxygen atoms in total. The minimum Gasteiger partial charge on any atom is -0.489 e. The largest absolute Gasteiger partial charge is 0.489 e. The van der Waals surface area contributed by atoms with E-state index in [0.29, 0.717) is 6.61 Å². The molecule has 0 atom stereocenters. The number of H-pyrrole nitrogens is 1. The summed E-state index contributed by atoms with van der Waals surface area (Å²) in [5.41, 5.74) is 4.91. The molecule has 2 aromatic heterocycles. The normalized spacial score (nSPS) is 10.8. The Bertz CT molecular complexity index is 931. The van der Waals surface area contributed by atoms with Gasteiger partial charge in [0.25, 0.3) is 0 Å². The van der Waals surface area contributed by atoms with E-state index >= 15 is 0 Å². The van der Waals surface area contributed by atoms with Gasteiger partial charge in [0.1, 0.15) is 12.4 Å². The van der Waals surface area contributed by atoms with Gasteiger partial charge in [-0.1, -0.05) is 42.5 Å². The van der Waals surface area contributed by atoms with Gasteiger partial charge in [-0.15, -0.1) is 0 Å². The molecule has 0 aliphatic heterocycles. The van der Waals surface area contributed by atoms with Gasteiger partial charge in [0.15, 0.2) is 5.65 Å². The molecular formula is C19H15N3O. The zero-order valence-corrected chi connectivity index (χ0v) is 12.4. The molecule has 0 saturated carbocycles. The summed E-state index contributed by atoms with van der Waals surface area (Å²) in [7, 11) is 0. The van der Waals surface area contributed by atoms with E-state index < -0.39 is 0 Å². The maximum Gasteiger partial charge on any atom is 0.177 e. The molecule has 0 spiro atoms. The van der Waals surface area contributed by atoms with E-state index in [4.69, 9.17) is 4.74 Å². The van der Waals surface area contributed by atoms with E-state index in [1.54, 1.807) is 6.33 Å². The van der Waals surface area contributed by atoms with E-state index in [1.807, 2.05) is 48.7 Å². The van der Waals surface area contributed by atoms with Gasteiger partial charge < -0.3 is 9.72 Å². The highest BCUT2D eigenvalue weighted by Crippen LogP contribution is 2.25. The van der Waals surface area contributed by atoms with E-state index in [2.05, 4.69) is 33.2 Å². The lowest BCUT2D eigenvalue weighted by Crippen LogP contribution is -1.95. The molecule has 4 heteroatoms. The van der Waals surface area contributed by atoms with Crippen molar-refractivity contribution in [2.24, 2.45) is 0 Å².